The maximum absolute atomic E-state index is 5.54. The molecule has 2 aliphatic rings. The topological polar surface area (TPSA) is 101 Å². The Balaban J connectivity index is 1.45. The number of nitrogens with zero attached hydrogens (tertiary/aromatic N) is 6. The largest absolute Gasteiger partial charge is 0.493 e. The molecule has 1 unspecified atom stereocenters. The lowest BCUT2D eigenvalue weighted by molar-refractivity contribution is 0.218. The molecule has 2 aromatic heterocycles. The van der Waals surface area contributed by atoms with Crippen molar-refractivity contribution < 1.29 is 9.47 Å². The van der Waals surface area contributed by atoms with E-state index >= 15 is 0 Å². The van der Waals surface area contributed by atoms with E-state index in [0.717, 1.165) is 53.0 Å². The van der Waals surface area contributed by atoms with Crippen LogP contribution in [0, 0.1) is 0 Å². The SMILES string of the molecule is CCc1cc(Nc2ncc3ccn(C4=CC=CCC(CC5N=NNN5C)=C4)c3n2)cc(OC)c1OC. The van der Waals surface area contributed by atoms with E-state index < -0.39 is 0 Å². The first-order valence-corrected chi connectivity index (χ1v) is 11.9. The molecule has 10 nitrogen and oxygen atoms in total. The van der Waals surface area contributed by atoms with Crippen molar-refractivity contribution in [3.63, 3.8) is 0 Å². The summed E-state index contributed by atoms with van der Waals surface area (Å²) in [5.41, 5.74) is 7.87. The number of nitrogens with one attached hydrogen (secondary N) is 2. The molecular formula is C26H30N8O2. The summed E-state index contributed by atoms with van der Waals surface area (Å²) in [7, 11) is 5.23. The zero-order valence-electron chi connectivity index (χ0n) is 20.9. The monoisotopic (exact) mass is 486 g/mol. The number of hydrogen-bond donors (Lipinski definition) is 2. The first kappa shape index (κ1) is 23.6. The van der Waals surface area contributed by atoms with Crippen LogP contribution in [0.15, 0.2) is 70.8 Å². The van der Waals surface area contributed by atoms with Gasteiger partial charge >= 0.3 is 0 Å². The zero-order chi connectivity index (χ0) is 25.1. The standard InChI is InChI=1S/C26H30N8O2/c1-5-18-14-20(15-22(35-3)24(18)36-4)28-26-27-16-19-10-11-34(25(19)29-26)21-9-7-6-8-17(12-21)13-23-30-31-32-33(23)2/h6-7,9-12,14-16,23H,5,8,13H2,1-4H3,(H,30,32)(H,27,28,29). The first-order chi connectivity index (χ1) is 17.6. The molecule has 2 N–H and O–H groups in total. The van der Waals surface area contributed by atoms with Crippen molar-refractivity contribution in [3.05, 3.63) is 66.0 Å². The molecule has 36 heavy (non-hydrogen) atoms. The van der Waals surface area contributed by atoms with Crippen LogP contribution in [0.5, 0.6) is 11.5 Å². The first-order valence-electron chi connectivity index (χ1n) is 11.9. The van der Waals surface area contributed by atoms with E-state index in [1.54, 1.807) is 14.2 Å². The molecule has 1 aliphatic heterocycles. The van der Waals surface area contributed by atoms with Crippen LogP contribution in [0.25, 0.3) is 16.7 Å². The van der Waals surface area contributed by atoms with Crippen molar-refractivity contribution in [2.75, 3.05) is 26.6 Å². The Kier molecular flexibility index (Phi) is 6.68. The van der Waals surface area contributed by atoms with Gasteiger partial charge in [0.1, 0.15) is 11.8 Å². The highest BCUT2D eigenvalue weighted by atomic mass is 16.5. The van der Waals surface area contributed by atoms with Crippen LogP contribution < -0.4 is 20.3 Å². The van der Waals surface area contributed by atoms with Crippen LogP contribution in [-0.4, -0.2) is 47.0 Å². The predicted octanol–water partition coefficient (Wildman–Crippen LogP) is 5.02. The van der Waals surface area contributed by atoms with Gasteiger partial charge in [0.25, 0.3) is 0 Å². The third-order valence-electron chi connectivity index (χ3n) is 6.32. The van der Waals surface area contributed by atoms with Crippen LogP contribution in [-0.2, 0) is 6.42 Å². The van der Waals surface area contributed by atoms with Crippen molar-refractivity contribution in [2.45, 2.75) is 32.4 Å². The Labute approximate surface area is 210 Å². The molecule has 0 saturated carbocycles. The average Bonchev–Trinajstić information content (AvgIpc) is 3.42. The van der Waals surface area contributed by atoms with Crippen LogP contribution in [0.2, 0.25) is 0 Å². The van der Waals surface area contributed by atoms with Gasteiger partial charge in [-0.2, -0.15) is 9.99 Å². The molecular weight excluding hydrogens is 456 g/mol. The van der Waals surface area contributed by atoms with Gasteiger partial charge in [-0.1, -0.05) is 29.9 Å². The fourth-order valence-electron chi connectivity index (χ4n) is 4.41. The number of hydrazine groups is 1. The molecule has 1 aliphatic carbocycles. The molecule has 5 rings (SSSR count). The molecule has 3 aromatic rings. The van der Waals surface area contributed by atoms with Gasteiger partial charge < -0.3 is 19.4 Å². The summed E-state index contributed by atoms with van der Waals surface area (Å²) in [6.45, 7) is 2.08. The number of hydrogen-bond acceptors (Lipinski definition) is 9. The Morgan fingerprint density at radius 3 is 2.86 bits per heavy atom. The number of allylic oxidation sites excluding steroid dienone is 5. The quantitative estimate of drug-likeness (QED) is 0.461. The minimum atomic E-state index is -0.0157. The summed E-state index contributed by atoms with van der Waals surface area (Å²) in [6.07, 6.45) is 14.8. The van der Waals surface area contributed by atoms with E-state index in [9.17, 15) is 0 Å². The van der Waals surface area contributed by atoms with Crippen molar-refractivity contribution in [2.24, 2.45) is 10.3 Å². The van der Waals surface area contributed by atoms with Crippen molar-refractivity contribution >= 4 is 28.4 Å². The van der Waals surface area contributed by atoms with E-state index in [0.29, 0.717) is 11.7 Å². The number of benzene rings is 1. The van der Waals surface area contributed by atoms with Gasteiger partial charge in [-0.25, -0.2) is 10.5 Å². The summed E-state index contributed by atoms with van der Waals surface area (Å²) in [5.74, 6) is 1.91. The molecule has 0 fully saturated rings. The van der Waals surface area contributed by atoms with Gasteiger partial charge in [-0.05, 0) is 42.7 Å². The molecule has 3 heterocycles. The van der Waals surface area contributed by atoms with Crippen molar-refractivity contribution in [3.8, 4) is 11.5 Å². The summed E-state index contributed by atoms with van der Waals surface area (Å²) in [5, 5.41) is 14.4. The normalized spacial score (nSPS) is 17.5. The second-order valence-corrected chi connectivity index (χ2v) is 8.65. The van der Waals surface area contributed by atoms with Gasteiger partial charge in [-0.3, -0.25) is 0 Å². The summed E-state index contributed by atoms with van der Waals surface area (Å²) < 4.78 is 13.2. The van der Waals surface area contributed by atoms with E-state index in [1.807, 2.05) is 42.6 Å². The number of aryl methyl sites for hydroxylation is 1. The van der Waals surface area contributed by atoms with Crippen molar-refractivity contribution in [1.29, 1.82) is 0 Å². The number of ether oxygens (including phenoxy) is 2. The Morgan fingerprint density at radius 1 is 1.22 bits per heavy atom. The molecule has 1 aromatic carbocycles. The zero-order valence-corrected chi connectivity index (χ0v) is 20.9. The second-order valence-electron chi connectivity index (χ2n) is 8.65. The lowest BCUT2D eigenvalue weighted by Gasteiger charge is -2.17. The van der Waals surface area contributed by atoms with Crippen LogP contribution in [0.1, 0.15) is 25.3 Å². The van der Waals surface area contributed by atoms with Gasteiger partial charge in [0.2, 0.25) is 5.95 Å². The maximum atomic E-state index is 5.54. The minimum Gasteiger partial charge on any atom is -0.493 e. The molecule has 0 amide bonds. The van der Waals surface area contributed by atoms with E-state index in [-0.39, 0.29) is 6.17 Å². The molecule has 186 valence electrons. The Morgan fingerprint density at radius 2 is 2.11 bits per heavy atom. The van der Waals surface area contributed by atoms with Crippen molar-refractivity contribution in [1.82, 2.24) is 25.1 Å². The number of rotatable bonds is 8. The van der Waals surface area contributed by atoms with Gasteiger partial charge in [0, 0.05) is 48.7 Å². The van der Waals surface area contributed by atoms with Gasteiger partial charge in [0.05, 0.1) is 14.2 Å². The third kappa shape index (κ3) is 4.67. The summed E-state index contributed by atoms with van der Waals surface area (Å²) in [6, 6.07) is 5.95. The van der Waals surface area contributed by atoms with E-state index in [2.05, 4.69) is 62.0 Å². The Hall–Kier alpha value is -4.18. The number of methoxy groups -OCH3 is 2. The molecule has 0 bridgehead atoms. The van der Waals surface area contributed by atoms with Crippen LogP contribution in [0.3, 0.4) is 0 Å². The van der Waals surface area contributed by atoms with Crippen LogP contribution >= 0.6 is 0 Å². The van der Waals surface area contributed by atoms with Gasteiger partial charge in [0.15, 0.2) is 11.5 Å². The molecule has 0 radical (unpaired) electrons. The van der Waals surface area contributed by atoms with Gasteiger partial charge in [-0.15, -0.1) is 5.11 Å². The average molecular weight is 487 g/mol. The van der Waals surface area contributed by atoms with E-state index in [4.69, 9.17) is 14.5 Å². The fraction of sp³-hybridized carbons (Fsp3) is 0.308. The maximum Gasteiger partial charge on any atom is 0.229 e. The fourth-order valence-corrected chi connectivity index (χ4v) is 4.41. The highest BCUT2D eigenvalue weighted by Gasteiger charge is 2.20. The summed E-state index contributed by atoms with van der Waals surface area (Å²) in [4.78, 5) is 9.39. The number of anilines is 2. The molecule has 10 heteroatoms. The second kappa shape index (κ2) is 10.2. The number of fused-ring (bicyclic) bond motifs is 1. The predicted molar refractivity (Wildman–Crippen MR) is 140 cm³/mol. The lowest BCUT2D eigenvalue weighted by atomic mass is 10.1. The number of aromatic nitrogens is 3. The van der Waals surface area contributed by atoms with Crippen LogP contribution in [0.4, 0.5) is 11.6 Å². The molecule has 1 atom stereocenters. The third-order valence-corrected chi connectivity index (χ3v) is 6.32. The van der Waals surface area contributed by atoms with E-state index in [1.165, 1.54) is 5.57 Å². The summed E-state index contributed by atoms with van der Waals surface area (Å²) >= 11 is 0. The molecule has 0 saturated heterocycles. The Bertz CT molecular complexity index is 1360. The smallest absolute Gasteiger partial charge is 0.229 e. The highest BCUT2D eigenvalue weighted by Crippen LogP contribution is 2.36. The molecule has 0 spiro atoms. The minimum absolute atomic E-state index is 0.0157. The lowest BCUT2D eigenvalue weighted by Crippen LogP contribution is -2.33. The highest BCUT2D eigenvalue weighted by molar-refractivity contribution is 5.82.